The van der Waals surface area contributed by atoms with E-state index in [4.69, 9.17) is 9.47 Å². The van der Waals surface area contributed by atoms with E-state index in [1.165, 1.54) is 43.2 Å². The lowest BCUT2D eigenvalue weighted by Crippen LogP contribution is -2.39. The maximum absolute atomic E-state index is 9.81. The number of piperidine rings is 1. The first-order valence-electron chi connectivity index (χ1n) is 19.4. The molecule has 8 rings (SSSR count). The molecule has 0 radical (unpaired) electrons. The molecule has 0 saturated carbocycles. The third-order valence-corrected chi connectivity index (χ3v) is 11.2. The van der Waals surface area contributed by atoms with Crippen LogP contribution in [0.1, 0.15) is 69.1 Å². The van der Waals surface area contributed by atoms with Gasteiger partial charge in [0, 0.05) is 35.5 Å². The summed E-state index contributed by atoms with van der Waals surface area (Å²) in [6, 6.07) is 44.4. The van der Waals surface area contributed by atoms with Gasteiger partial charge in [-0.2, -0.15) is 0 Å². The molecule has 2 heterocycles. The smallest absolute Gasteiger partial charge is 0.180 e. The normalized spacial score (nSPS) is 17.1. The van der Waals surface area contributed by atoms with Gasteiger partial charge in [0.15, 0.2) is 5.60 Å². The standard InChI is InChI=1S/C49H49NO3/c1-3-4-5-10-33-52-41-25-21-39(22-26-41)49(46-13-8-9-14-47(46)50-31-28-35(2)29-32-50)30-27-44-42-11-6-7-12-43(42)45(34-48(44)53-49)38-17-15-36(16-18-38)37-19-23-40(51)24-20-37/h6-9,11-27,30,34-35,51H,3-5,10,28-29,31-33H2,1-2H3. The van der Waals surface area contributed by atoms with E-state index in [0.717, 1.165) is 87.9 Å². The van der Waals surface area contributed by atoms with Gasteiger partial charge in [0.25, 0.3) is 0 Å². The largest absolute Gasteiger partial charge is 0.508 e. The zero-order chi connectivity index (χ0) is 36.2. The van der Waals surface area contributed by atoms with E-state index in [1.54, 1.807) is 12.1 Å². The molecule has 1 saturated heterocycles. The molecule has 0 spiro atoms. The van der Waals surface area contributed by atoms with Crippen LogP contribution in [0, 0.1) is 5.92 Å². The van der Waals surface area contributed by atoms with Crippen LogP contribution in [-0.4, -0.2) is 24.8 Å². The second-order valence-electron chi connectivity index (χ2n) is 14.8. The van der Waals surface area contributed by atoms with Crippen LogP contribution in [0.2, 0.25) is 0 Å². The molecule has 4 heteroatoms. The van der Waals surface area contributed by atoms with Gasteiger partial charge in [-0.15, -0.1) is 0 Å². The highest BCUT2D eigenvalue weighted by molar-refractivity contribution is 6.03. The summed E-state index contributed by atoms with van der Waals surface area (Å²) in [7, 11) is 0. The Hall–Kier alpha value is -5.48. The van der Waals surface area contributed by atoms with Crippen molar-refractivity contribution in [3.8, 4) is 39.5 Å². The maximum atomic E-state index is 9.81. The second-order valence-corrected chi connectivity index (χ2v) is 14.8. The minimum atomic E-state index is -0.852. The molecule has 1 N–H and O–H groups in total. The zero-order valence-corrected chi connectivity index (χ0v) is 30.9. The van der Waals surface area contributed by atoms with Crippen LogP contribution in [0.25, 0.3) is 39.1 Å². The predicted octanol–water partition coefficient (Wildman–Crippen LogP) is 12.4. The molecule has 53 heavy (non-hydrogen) atoms. The third kappa shape index (κ3) is 7.03. The topological polar surface area (TPSA) is 41.9 Å². The lowest BCUT2D eigenvalue weighted by Gasteiger charge is -2.41. The van der Waals surface area contributed by atoms with Gasteiger partial charge in [0.05, 0.1) is 6.61 Å². The number of nitrogens with zero attached hydrogens (tertiary/aromatic N) is 1. The Morgan fingerprint density at radius 3 is 2.13 bits per heavy atom. The van der Waals surface area contributed by atoms with Crippen molar-refractivity contribution in [2.24, 2.45) is 5.92 Å². The Morgan fingerprint density at radius 2 is 1.40 bits per heavy atom. The van der Waals surface area contributed by atoms with E-state index in [-0.39, 0.29) is 5.75 Å². The summed E-state index contributed by atoms with van der Waals surface area (Å²) < 4.78 is 13.7. The summed E-state index contributed by atoms with van der Waals surface area (Å²) >= 11 is 0. The van der Waals surface area contributed by atoms with Gasteiger partial charge in [0.1, 0.15) is 17.2 Å². The Morgan fingerprint density at radius 1 is 0.736 bits per heavy atom. The van der Waals surface area contributed by atoms with E-state index >= 15 is 0 Å². The number of aromatic hydroxyl groups is 1. The minimum absolute atomic E-state index is 0.270. The number of ether oxygens (including phenoxy) is 2. The molecule has 0 aliphatic carbocycles. The van der Waals surface area contributed by atoms with Crippen molar-refractivity contribution in [2.75, 3.05) is 24.6 Å². The van der Waals surface area contributed by atoms with Crippen LogP contribution >= 0.6 is 0 Å². The molecule has 1 atom stereocenters. The van der Waals surface area contributed by atoms with Crippen molar-refractivity contribution >= 4 is 22.5 Å². The van der Waals surface area contributed by atoms with E-state index < -0.39 is 5.60 Å². The molecule has 4 nitrogen and oxygen atoms in total. The van der Waals surface area contributed by atoms with Gasteiger partial charge in [0.2, 0.25) is 0 Å². The van der Waals surface area contributed by atoms with Crippen molar-refractivity contribution in [1.29, 1.82) is 0 Å². The molecule has 6 aromatic rings. The quantitative estimate of drug-likeness (QED) is 0.137. The summed E-state index contributed by atoms with van der Waals surface area (Å²) in [5.41, 5.74) is 8.12. The average molecular weight is 700 g/mol. The number of rotatable bonds is 11. The molecule has 1 unspecified atom stereocenters. The van der Waals surface area contributed by atoms with E-state index in [9.17, 15) is 5.11 Å². The number of benzene rings is 6. The van der Waals surface area contributed by atoms with Crippen molar-refractivity contribution in [2.45, 2.75) is 58.0 Å². The van der Waals surface area contributed by atoms with Crippen molar-refractivity contribution in [1.82, 2.24) is 0 Å². The third-order valence-electron chi connectivity index (χ3n) is 11.2. The van der Waals surface area contributed by atoms with Crippen molar-refractivity contribution in [3.63, 3.8) is 0 Å². The molecule has 6 aromatic carbocycles. The SMILES string of the molecule is CCCCCCOc1ccc(C2(c3ccccc3N3CCC(C)CC3)C=Cc3c(cc(-c4ccc(-c5ccc(O)cc5)cc4)c4ccccc34)O2)cc1. The van der Waals surface area contributed by atoms with Crippen LogP contribution in [-0.2, 0) is 5.60 Å². The summed E-state index contributed by atoms with van der Waals surface area (Å²) in [4.78, 5) is 2.55. The lowest BCUT2D eigenvalue weighted by atomic mass is 9.81. The predicted molar refractivity (Wildman–Crippen MR) is 220 cm³/mol. The summed E-state index contributed by atoms with van der Waals surface area (Å²) in [6.45, 7) is 7.41. The minimum Gasteiger partial charge on any atom is -0.508 e. The highest BCUT2D eigenvalue weighted by atomic mass is 16.5. The summed E-state index contributed by atoms with van der Waals surface area (Å²) in [5, 5.41) is 12.2. The van der Waals surface area contributed by atoms with Crippen LogP contribution in [0.5, 0.6) is 17.2 Å². The van der Waals surface area contributed by atoms with Gasteiger partial charge < -0.3 is 19.5 Å². The molecule has 1 fully saturated rings. The van der Waals surface area contributed by atoms with Crippen molar-refractivity contribution in [3.05, 3.63) is 150 Å². The average Bonchev–Trinajstić information content (AvgIpc) is 3.21. The number of hydrogen-bond donors (Lipinski definition) is 1. The highest BCUT2D eigenvalue weighted by Crippen LogP contribution is 2.49. The van der Waals surface area contributed by atoms with Gasteiger partial charge >= 0.3 is 0 Å². The van der Waals surface area contributed by atoms with Crippen LogP contribution in [0.15, 0.2) is 133 Å². The maximum Gasteiger partial charge on any atom is 0.180 e. The number of hydrogen-bond acceptors (Lipinski definition) is 4. The van der Waals surface area contributed by atoms with E-state index in [2.05, 4.69) is 134 Å². The van der Waals surface area contributed by atoms with Gasteiger partial charge in [-0.25, -0.2) is 0 Å². The molecule has 0 bridgehead atoms. The van der Waals surface area contributed by atoms with Gasteiger partial charge in [-0.1, -0.05) is 124 Å². The molecule has 268 valence electrons. The number of para-hydroxylation sites is 1. The van der Waals surface area contributed by atoms with Crippen LogP contribution in [0.3, 0.4) is 0 Å². The molecule has 0 amide bonds. The number of anilines is 1. The summed E-state index contributed by atoms with van der Waals surface area (Å²) in [6.07, 6.45) is 11.7. The molecule has 0 aromatic heterocycles. The van der Waals surface area contributed by atoms with E-state index in [1.807, 2.05) is 12.1 Å². The molecular formula is C49H49NO3. The first kappa shape index (κ1) is 34.6. The molecule has 2 aliphatic rings. The van der Waals surface area contributed by atoms with Gasteiger partial charge in [-0.3, -0.25) is 0 Å². The fourth-order valence-corrected chi connectivity index (χ4v) is 8.06. The van der Waals surface area contributed by atoms with E-state index in [0.29, 0.717) is 0 Å². The van der Waals surface area contributed by atoms with Crippen LogP contribution in [0.4, 0.5) is 5.69 Å². The van der Waals surface area contributed by atoms with Gasteiger partial charge in [-0.05, 0) is 107 Å². The Balaban J connectivity index is 1.22. The second kappa shape index (κ2) is 15.2. The molecular weight excluding hydrogens is 651 g/mol. The Labute approximate surface area is 314 Å². The monoisotopic (exact) mass is 699 g/mol. The Kier molecular flexibility index (Phi) is 9.95. The Bertz CT molecular complexity index is 2200. The number of fused-ring (bicyclic) bond motifs is 3. The lowest BCUT2D eigenvalue weighted by molar-refractivity contribution is 0.161. The number of phenolic OH excluding ortho intramolecular Hbond substituents is 1. The first-order chi connectivity index (χ1) is 26.0. The first-order valence-corrected chi connectivity index (χ1v) is 19.4. The van der Waals surface area contributed by atoms with Crippen LogP contribution < -0.4 is 14.4 Å². The molecule has 2 aliphatic heterocycles. The highest BCUT2D eigenvalue weighted by Gasteiger charge is 2.40. The summed E-state index contributed by atoms with van der Waals surface area (Å²) in [5.74, 6) is 2.76. The fraction of sp³-hybridized carbons (Fsp3) is 0.265. The zero-order valence-electron chi connectivity index (χ0n) is 30.9. The number of unbranched alkanes of at least 4 members (excludes halogenated alkanes) is 3. The fourth-order valence-electron chi connectivity index (χ4n) is 8.06. The number of phenols is 1. The van der Waals surface area contributed by atoms with Crippen molar-refractivity contribution < 1.29 is 14.6 Å².